The Hall–Kier alpha value is -2.37. The number of carbonyl (C=O) groups is 2. The van der Waals surface area contributed by atoms with Gasteiger partial charge < -0.3 is 0 Å². The first-order chi connectivity index (χ1) is 11.5. The van der Waals surface area contributed by atoms with E-state index < -0.39 is 17.9 Å². The summed E-state index contributed by atoms with van der Waals surface area (Å²) < 4.78 is 0. The van der Waals surface area contributed by atoms with Crippen LogP contribution in [0.5, 0.6) is 0 Å². The minimum atomic E-state index is -0.806. The van der Waals surface area contributed by atoms with Gasteiger partial charge in [-0.1, -0.05) is 41.4 Å². The Balaban J connectivity index is 1.79. The molecule has 0 radical (unpaired) electrons. The van der Waals surface area contributed by atoms with Gasteiger partial charge in [0.05, 0.1) is 11.7 Å². The Morgan fingerprint density at radius 2 is 1.67 bits per heavy atom. The lowest BCUT2D eigenvalue weighted by Crippen LogP contribution is -2.33. The number of aryl methyl sites for hydroxylation is 1. The first-order valence-electron chi connectivity index (χ1n) is 7.67. The number of carbonyl (C=O) groups excluding carboxylic acids is 2. The number of anilines is 1. The van der Waals surface area contributed by atoms with Gasteiger partial charge >= 0.3 is 0 Å². The van der Waals surface area contributed by atoms with E-state index >= 15 is 0 Å². The molecule has 2 aliphatic rings. The summed E-state index contributed by atoms with van der Waals surface area (Å²) in [7, 11) is 0. The Bertz CT molecular complexity index is 804. The van der Waals surface area contributed by atoms with Gasteiger partial charge in [0, 0.05) is 5.02 Å². The Morgan fingerprint density at radius 1 is 1.00 bits per heavy atom. The monoisotopic (exact) mass is 342 g/mol. The number of halogens is 1. The van der Waals surface area contributed by atoms with Crippen LogP contribution >= 0.6 is 11.6 Å². The minimum Gasteiger partial charge on any atom is -0.294 e. The zero-order chi connectivity index (χ0) is 16.8. The van der Waals surface area contributed by atoms with Gasteiger partial charge in [0.25, 0.3) is 5.91 Å². The maximum atomic E-state index is 12.3. The first kappa shape index (κ1) is 15.2. The standard InChI is InChI=1S/C18H15ClN2O3/c1-10-2-8-13(9-3-10)21-15(11-4-6-12(19)7-5-11)14-16(24-21)18(23)20-17(14)22/h2-9,14-16H,1H3,(H,20,22,23)/t14-,15-,16+/m1/s1. The van der Waals surface area contributed by atoms with E-state index in [1.165, 1.54) is 0 Å². The van der Waals surface area contributed by atoms with Crippen molar-refractivity contribution in [3.63, 3.8) is 0 Å². The van der Waals surface area contributed by atoms with E-state index in [1.807, 2.05) is 43.3 Å². The second-order valence-electron chi connectivity index (χ2n) is 6.06. The van der Waals surface area contributed by atoms with Crippen LogP contribution in [0.3, 0.4) is 0 Å². The third-order valence-electron chi connectivity index (χ3n) is 4.45. The molecule has 1 N–H and O–H groups in total. The highest BCUT2D eigenvalue weighted by molar-refractivity contribution is 6.30. The van der Waals surface area contributed by atoms with Crippen molar-refractivity contribution in [2.24, 2.45) is 5.92 Å². The van der Waals surface area contributed by atoms with Crippen molar-refractivity contribution in [2.45, 2.75) is 19.1 Å². The fourth-order valence-electron chi connectivity index (χ4n) is 3.25. The summed E-state index contributed by atoms with van der Waals surface area (Å²) in [6.45, 7) is 2.00. The quantitative estimate of drug-likeness (QED) is 0.853. The molecule has 2 aromatic rings. The number of rotatable bonds is 2. The second-order valence-corrected chi connectivity index (χ2v) is 6.50. The molecule has 0 aliphatic carbocycles. The summed E-state index contributed by atoms with van der Waals surface area (Å²) in [5.41, 5.74) is 2.79. The maximum absolute atomic E-state index is 12.3. The highest BCUT2D eigenvalue weighted by Crippen LogP contribution is 2.44. The van der Waals surface area contributed by atoms with Crippen molar-refractivity contribution in [2.75, 3.05) is 5.06 Å². The van der Waals surface area contributed by atoms with Gasteiger partial charge in [-0.3, -0.25) is 19.7 Å². The molecule has 6 heteroatoms. The smallest absolute Gasteiger partial charge is 0.259 e. The number of amides is 2. The van der Waals surface area contributed by atoms with Gasteiger partial charge in [0.2, 0.25) is 5.91 Å². The lowest BCUT2D eigenvalue weighted by Gasteiger charge is -2.27. The van der Waals surface area contributed by atoms with Crippen LogP contribution in [0.15, 0.2) is 48.5 Å². The molecule has 2 saturated heterocycles. The Labute approximate surface area is 144 Å². The third-order valence-corrected chi connectivity index (χ3v) is 4.71. The topological polar surface area (TPSA) is 58.6 Å². The van der Waals surface area contributed by atoms with Crippen LogP contribution in [0.1, 0.15) is 17.2 Å². The van der Waals surface area contributed by atoms with E-state index in [0.717, 1.165) is 16.8 Å². The van der Waals surface area contributed by atoms with Crippen LogP contribution in [0.2, 0.25) is 5.02 Å². The van der Waals surface area contributed by atoms with Crippen molar-refractivity contribution in [1.82, 2.24) is 5.32 Å². The first-order valence-corrected chi connectivity index (χ1v) is 8.05. The van der Waals surface area contributed by atoms with Gasteiger partial charge in [-0.2, -0.15) is 0 Å². The number of hydrogen-bond donors (Lipinski definition) is 1. The predicted molar refractivity (Wildman–Crippen MR) is 89.4 cm³/mol. The van der Waals surface area contributed by atoms with Gasteiger partial charge in [-0.25, -0.2) is 5.06 Å². The predicted octanol–water partition coefficient (Wildman–Crippen LogP) is 2.78. The summed E-state index contributed by atoms with van der Waals surface area (Å²) in [6, 6.07) is 14.6. The molecule has 2 fully saturated rings. The van der Waals surface area contributed by atoms with Crippen molar-refractivity contribution in [3.05, 3.63) is 64.7 Å². The van der Waals surface area contributed by atoms with Crippen molar-refractivity contribution >= 4 is 29.1 Å². The highest BCUT2D eigenvalue weighted by Gasteiger charge is 2.56. The number of fused-ring (bicyclic) bond motifs is 1. The van der Waals surface area contributed by atoms with Crippen molar-refractivity contribution in [1.29, 1.82) is 0 Å². The summed E-state index contributed by atoms with van der Waals surface area (Å²) in [5.74, 6) is -1.28. The molecule has 4 rings (SSSR count). The number of nitrogens with zero attached hydrogens (tertiary/aromatic N) is 1. The fourth-order valence-corrected chi connectivity index (χ4v) is 3.37. The van der Waals surface area contributed by atoms with Crippen LogP contribution in [-0.4, -0.2) is 17.9 Å². The molecule has 0 bridgehead atoms. The van der Waals surface area contributed by atoms with Crippen LogP contribution < -0.4 is 10.4 Å². The third kappa shape index (κ3) is 2.37. The van der Waals surface area contributed by atoms with Crippen molar-refractivity contribution < 1.29 is 14.4 Å². The number of hydroxylamine groups is 1. The normalized spacial score (nSPS) is 25.8. The van der Waals surface area contributed by atoms with E-state index in [4.69, 9.17) is 16.4 Å². The Morgan fingerprint density at radius 3 is 2.33 bits per heavy atom. The second kappa shape index (κ2) is 5.61. The van der Waals surface area contributed by atoms with Crippen LogP contribution in [0.4, 0.5) is 5.69 Å². The molecule has 24 heavy (non-hydrogen) atoms. The summed E-state index contributed by atoms with van der Waals surface area (Å²) in [4.78, 5) is 30.2. The molecule has 122 valence electrons. The average Bonchev–Trinajstić information content (AvgIpc) is 3.08. The van der Waals surface area contributed by atoms with E-state index in [2.05, 4.69) is 5.32 Å². The minimum absolute atomic E-state index is 0.306. The molecule has 5 nitrogen and oxygen atoms in total. The SMILES string of the molecule is Cc1ccc(N2O[C@@H]3C(=O)NC(=O)[C@@H]3[C@H]2c2ccc(Cl)cc2)cc1. The summed E-state index contributed by atoms with van der Waals surface area (Å²) >= 11 is 5.97. The molecule has 2 aromatic carbocycles. The fraction of sp³-hybridized carbons (Fsp3) is 0.222. The van der Waals surface area contributed by atoms with Crippen LogP contribution in [0.25, 0.3) is 0 Å². The number of hydrogen-bond acceptors (Lipinski definition) is 4. The molecular formula is C18H15ClN2O3. The zero-order valence-corrected chi connectivity index (χ0v) is 13.7. The lowest BCUT2D eigenvalue weighted by atomic mass is 9.90. The summed E-state index contributed by atoms with van der Waals surface area (Å²) in [5, 5.41) is 4.63. The largest absolute Gasteiger partial charge is 0.294 e. The molecule has 2 amide bonds. The Kier molecular flexibility index (Phi) is 3.55. The van der Waals surface area contributed by atoms with Crippen molar-refractivity contribution in [3.8, 4) is 0 Å². The van der Waals surface area contributed by atoms with Gasteiger partial charge in [-0.05, 0) is 36.8 Å². The highest BCUT2D eigenvalue weighted by atomic mass is 35.5. The van der Waals surface area contributed by atoms with E-state index in [9.17, 15) is 9.59 Å². The molecule has 3 atom stereocenters. The van der Waals surface area contributed by atoms with E-state index in [-0.39, 0.29) is 11.9 Å². The number of benzene rings is 2. The van der Waals surface area contributed by atoms with Crippen LogP contribution in [0, 0.1) is 12.8 Å². The lowest BCUT2D eigenvalue weighted by molar-refractivity contribution is -0.129. The molecule has 2 heterocycles. The molecule has 2 aliphatic heterocycles. The van der Waals surface area contributed by atoms with Gasteiger partial charge in [0.1, 0.15) is 5.92 Å². The van der Waals surface area contributed by atoms with E-state index in [1.54, 1.807) is 17.2 Å². The number of imide groups is 1. The molecule has 0 unspecified atom stereocenters. The molecule has 0 spiro atoms. The number of nitrogens with one attached hydrogen (secondary N) is 1. The maximum Gasteiger partial charge on any atom is 0.259 e. The zero-order valence-electron chi connectivity index (χ0n) is 12.9. The summed E-state index contributed by atoms with van der Waals surface area (Å²) in [6.07, 6.45) is -0.806. The average molecular weight is 343 g/mol. The van der Waals surface area contributed by atoms with Crippen LogP contribution in [-0.2, 0) is 14.4 Å². The van der Waals surface area contributed by atoms with Gasteiger partial charge in [-0.15, -0.1) is 0 Å². The molecular weight excluding hydrogens is 328 g/mol. The molecule has 0 aromatic heterocycles. The van der Waals surface area contributed by atoms with E-state index in [0.29, 0.717) is 5.02 Å². The van der Waals surface area contributed by atoms with Gasteiger partial charge in [0.15, 0.2) is 6.10 Å². The molecule has 0 saturated carbocycles.